The molecule has 0 radical (unpaired) electrons. The highest BCUT2D eigenvalue weighted by Gasteiger charge is 2.42. The second-order valence-electron chi connectivity index (χ2n) is 5.98. The number of carbonyl (C=O) groups is 1. The molecule has 3 nitrogen and oxygen atoms in total. The summed E-state index contributed by atoms with van der Waals surface area (Å²) in [7, 11) is 3.82. The van der Waals surface area contributed by atoms with Crippen LogP contribution in [0, 0.1) is 0 Å². The highest BCUT2D eigenvalue weighted by Crippen LogP contribution is 2.41. The smallest absolute Gasteiger partial charge is 0.233 e. The van der Waals surface area contributed by atoms with E-state index in [1.165, 1.54) is 6.42 Å². The van der Waals surface area contributed by atoms with Gasteiger partial charge in [0.05, 0.1) is 5.41 Å². The van der Waals surface area contributed by atoms with Gasteiger partial charge in [0.1, 0.15) is 0 Å². The van der Waals surface area contributed by atoms with Gasteiger partial charge >= 0.3 is 0 Å². The second kappa shape index (κ2) is 8.76. The van der Waals surface area contributed by atoms with Crippen molar-refractivity contribution in [2.75, 3.05) is 27.2 Å². The molecule has 0 unspecified atom stereocenters. The quantitative estimate of drug-likeness (QED) is 0.884. The highest BCUT2D eigenvalue weighted by atomic mass is 35.5. The van der Waals surface area contributed by atoms with Crippen LogP contribution in [0.15, 0.2) is 24.3 Å². The molecule has 1 N–H and O–H groups in total. The molecular weight excluding hydrogens is 319 g/mol. The average Bonchev–Trinajstić information content (AvgIpc) is 2.53. The lowest BCUT2D eigenvalue weighted by Gasteiger charge is -2.39. The lowest BCUT2D eigenvalue weighted by Crippen LogP contribution is -2.48. The van der Waals surface area contributed by atoms with Crippen LogP contribution >= 0.6 is 24.0 Å². The number of hydrogen-bond donors (Lipinski definition) is 1. The van der Waals surface area contributed by atoms with Crippen molar-refractivity contribution in [3.8, 4) is 0 Å². The summed E-state index contributed by atoms with van der Waals surface area (Å²) in [5, 5.41) is 3.83. The minimum absolute atomic E-state index is 0. The van der Waals surface area contributed by atoms with Gasteiger partial charge in [-0.1, -0.05) is 43.0 Å². The summed E-state index contributed by atoms with van der Waals surface area (Å²) in [6.07, 6.45) is 5.35. The first-order chi connectivity index (χ1) is 10.1. The molecule has 2 rings (SSSR count). The van der Waals surface area contributed by atoms with E-state index in [1.807, 2.05) is 43.3 Å². The molecule has 0 heterocycles. The molecule has 0 aromatic heterocycles. The van der Waals surface area contributed by atoms with E-state index < -0.39 is 0 Å². The SMILES string of the molecule is CNCCN(C)C(=O)C1(c2ccc(Cl)cc2)CCCCC1.Cl. The Hall–Kier alpha value is -0.770. The van der Waals surface area contributed by atoms with Crippen molar-refractivity contribution in [3.05, 3.63) is 34.9 Å². The topological polar surface area (TPSA) is 32.3 Å². The maximum Gasteiger partial charge on any atom is 0.233 e. The summed E-state index contributed by atoms with van der Waals surface area (Å²) in [5.74, 6) is 0.250. The van der Waals surface area contributed by atoms with Crippen molar-refractivity contribution in [2.45, 2.75) is 37.5 Å². The third kappa shape index (κ3) is 4.15. The van der Waals surface area contributed by atoms with E-state index in [0.717, 1.165) is 49.4 Å². The third-order valence-electron chi connectivity index (χ3n) is 4.56. The Bertz CT molecular complexity index is 470. The van der Waals surface area contributed by atoms with E-state index in [2.05, 4.69) is 5.32 Å². The van der Waals surface area contributed by atoms with E-state index in [0.29, 0.717) is 0 Å². The zero-order valence-corrected chi connectivity index (χ0v) is 15.0. The number of carbonyl (C=O) groups excluding carboxylic acids is 1. The molecule has 1 amide bonds. The molecule has 1 aliphatic carbocycles. The Labute approximate surface area is 144 Å². The number of nitrogens with one attached hydrogen (secondary N) is 1. The van der Waals surface area contributed by atoms with Crippen molar-refractivity contribution in [1.82, 2.24) is 10.2 Å². The van der Waals surface area contributed by atoms with Crippen LogP contribution in [0.25, 0.3) is 0 Å². The largest absolute Gasteiger partial charge is 0.344 e. The van der Waals surface area contributed by atoms with Gasteiger partial charge in [0.2, 0.25) is 5.91 Å². The maximum atomic E-state index is 13.1. The van der Waals surface area contributed by atoms with E-state index in [4.69, 9.17) is 11.6 Å². The molecule has 1 aliphatic rings. The first-order valence-electron chi connectivity index (χ1n) is 7.76. The summed E-state index contributed by atoms with van der Waals surface area (Å²) in [6.45, 7) is 1.56. The van der Waals surface area contributed by atoms with Crippen LogP contribution in [-0.4, -0.2) is 38.0 Å². The molecule has 0 atom stereocenters. The molecular formula is C17H26Cl2N2O. The van der Waals surface area contributed by atoms with E-state index in [1.54, 1.807) is 0 Å². The number of nitrogens with zero attached hydrogens (tertiary/aromatic N) is 1. The van der Waals surface area contributed by atoms with E-state index in [9.17, 15) is 4.79 Å². The fourth-order valence-electron chi connectivity index (χ4n) is 3.30. The Morgan fingerprint density at radius 3 is 2.36 bits per heavy atom. The van der Waals surface area contributed by atoms with Crippen molar-refractivity contribution >= 4 is 29.9 Å². The molecule has 0 aliphatic heterocycles. The summed E-state index contributed by atoms with van der Waals surface area (Å²) in [5.41, 5.74) is 0.763. The summed E-state index contributed by atoms with van der Waals surface area (Å²) in [6, 6.07) is 7.84. The van der Waals surface area contributed by atoms with Gasteiger partial charge in [-0.25, -0.2) is 0 Å². The number of likely N-dealkylation sites (N-methyl/N-ethyl adjacent to an activating group) is 2. The van der Waals surface area contributed by atoms with Crippen molar-refractivity contribution in [1.29, 1.82) is 0 Å². The molecule has 1 aromatic rings. The summed E-state index contributed by atoms with van der Waals surface area (Å²) >= 11 is 6.00. The number of amides is 1. The Morgan fingerprint density at radius 2 is 1.82 bits per heavy atom. The van der Waals surface area contributed by atoms with Gasteiger partial charge in [0.25, 0.3) is 0 Å². The lowest BCUT2D eigenvalue weighted by atomic mass is 9.68. The van der Waals surface area contributed by atoms with Crippen molar-refractivity contribution in [2.24, 2.45) is 0 Å². The molecule has 0 saturated heterocycles. The molecule has 0 spiro atoms. The average molecular weight is 345 g/mol. The van der Waals surface area contributed by atoms with Crippen LogP contribution < -0.4 is 5.32 Å². The molecule has 1 saturated carbocycles. The fraction of sp³-hybridized carbons (Fsp3) is 0.588. The van der Waals surface area contributed by atoms with Crippen molar-refractivity contribution in [3.63, 3.8) is 0 Å². The predicted molar refractivity (Wildman–Crippen MR) is 95.0 cm³/mol. The number of benzene rings is 1. The zero-order valence-electron chi connectivity index (χ0n) is 13.4. The van der Waals surface area contributed by atoms with E-state index >= 15 is 0 Å². The molecule has 5 heteroatoms. The third-order valence-corrected chi connectivity index (χ3v) is 4.81. The number of rotatable bonds is 5. The van der Waals surface area contributed by atoms with Crippen LogP contribution in [0.2, 0.25) is 5.02 Å². The van der Waals surface area contributed by atoms with Gasteiger partial charge < -0.3 is 10.2 Å². The first-order valence-corrected chi connectivity index (χ1v) is 8.14. The molecule has 1 aromatic carbocycles. The van der Waals surface area contributed by atoms with Gasteiger partial charge in [-0.05, 0) is 37.6 Å². The number of hydrogen-bond acceptors (Lipinski definition) is 2. The van der Waals surface area contributed by atoms with Gasteiger partial charge in [-0.3, -0.25) is 4.79 Å². The van der Waals surface area contributed by atoms with Crippen LogP contribution in [0.5, 0.6) is 0 Å². The van der Waals surface area contributed by atoms with Crippen molar-refractivity contribution < 1.29 is 4.79 Å². The van der Waals surface area contributed by atoms with Gasteiger partial charge in [0.15, 0.2) is 0 Å². The van der Waals surface area contributed by atoms with E-state index in [-0.39, 0.29) is 23.7 Å². The van der Waals surface area contributed by atoms with Crippen LogP contribution in [-0.2, 0) is 10.2 Å². The maximum absolute atomic E-state index is 13.1. The lowest BCUT2D eigenvalue weighted by molar-refractivity contribution is -0.137. The predicted octanol–water partition coefficient (Wildman–Crippen LogP) is 3.64. The summed E-state index contributed by atoms with van der Waals surface area (Å²) < 4.78 is 0. The normalized spacial score (nSPS) is 16.7. The zero-order chi connectivity index (χ0) is 15.3. The van der Waals surface area contributed by atoms with Gasteiger partial charge in [0, 0.05) is 25.2 Å². The molecule has 124 valence electrons. The minimum atomic E-state index is -0.356. The highest BCUT2D eigenvalue weighted by molar-refractivity contribution is 6.30. The molecule has 1 fully saturated rings. The Kier molecular flexibility index (Phi) is 7.67. The second-order valence-corrected chi connectivity index (χ2v) is 6.42. The summed E-state index contributed by atoms with van der Waals surface area (Å²) in [4.78, 5) is 14.9. The van der Waals surface area contributed by atoms with Crippen LogP contribution in [0.1, 0.15) is 37.7 Å². The van der Waals surface area contributed by atoms with Gasteiger partial charge in [-0.2, -0.15) is 0 Å². The minimum Gasteiger partial charge on any atom is -0.344 e. The van der Waals surface area contributed by atoms with Crippen LogP contribution in [0.3, 0.4) is 0 Å². The molecule has 0 bridgehead atoms. The first kappa shape index (κ1) is 19.3. The van der Waals surface area contributed by atoms with Gasteiger partial charge in [-0.15, -0.1) is 12.4 Å². The van der Waals surface area contributed by atoms with Crippen LogP contribution in [0.4, 0.5) is 0 Å². The Morgan fingerprint density at radius 1 is 1.23 bits per heavy atom. The monoisotopic (exact) mass is 344 g/mol. The number of halogens is 2. The standard InChI is InChI=1S/C17H25ClN2O.ClH/c1-19-12-13-20(2)16(21)17(10-4-3-5-11-17)14-6-8-15(18)9-7-14;/h6-9,19H,3-5,10-13H2,1-2H3;1H. The molecule has 22 heavy (non-hydrogen) atoms. The fourth-order valence-corrected chi connectivity index (χ4v) is 3.42. The Balaban J connectivity index is 0.00000242.